The number of benzene rings is 2. The molecule has 1 heterocycles. The first kappa shape index (κ1) is 28.2. The van der Waals surface area contributed by atoms with E-state index in [1.165, 1.54) is 0 Å². The molecule has 0 aromatic heterocycles. The van der Waals surface area contributed by atoms with E-state index in [2.05, 4.69) is 5.32 Å². The van der Waals surface area contributed by atoms with Crippen LogP contribution in [0.25, 0.3) is 0 Å². The van der Waals surface area contributed by atoms with E-state index in [0.717, 1.165) is 30.6 Å². The van der Waals surface area contributed by atoms with Gasteiger partial charge in [-0.05, 0) is 67.9 Å². The molecule has 3 atom stereocenters. The van der Waals surface area contributed by atoms with Crippen molar-refractivity contribution in [3.05, 3.63) is 60.2 Å². The van der Waals surface area contributed by atoms with Crippen LogP contribution in [-0.2, 0) is 20.9 Å². The number of carbonyl (C=O) groups excluding carboxylic acids is 3. The third kappa shape index (κ3) is 8.34. The van der Waals surface area contributed by atoms with Crippen LogP contribution < -0.4 is 15.8 Å². The summed E-state index contributed by atoms with van der Waals surface area (Å²) in [6.07, 6.45) is 4.17. The molecule has 0 spiro atoms. The van der Waals surface area contributed by atoms with E-state index >= 15 is 0 Å². The van der Waals surface area contributed by atoms with Gasteiger partial charge in [0.1, 0.15) is 17.5 Å². The second-order valence-electron chi connectivity index (χ2n) is 10.4. The number of nitrogens with one attached hydrogen (secondary N) is 1. The summed E-state index contributed by atoms with van der Waals surface area (Å²) in [4.78, 5) is 40.9. The van der Waals surface area contributed by atoms with Crippen molar-refractivity contribution >= 4 is 17.7 Å². The van der Waals surface area contributed by atoms with Gasteiger partial charge in [0.2, 0.25) is 17.7 Å². The van der Waals surface area contributed by atoms with Gasteiger partial charge >= 0.3 is 0 Å². The quantitative estimate of drug-likeness (QED) is 0.420. The van der Waals surface area contributed by atoms with Gasteiger partial charge in [-0.2, -0.15) is 0 Å². The molecular formula is C30H41N3O4. The van der Waals surface area contributed by atoms with Crippen LogP contribution >= 0.6 is 0 Å². The highest BCUT2D eigenvalue weighted by atomic mass is 16.5. The minimum atomic E-state index is -0.606. The molecule has 1 aliphatic rings. The van der Waals surface area contributed by atoms with E-state index in [-0.39, 0.29) is 17.7 Å². The molecule has 37 heavy (non-hydrogen) atoms. The Hall–Kier alpha value is -3.35. The molecule has 3 rings (SSSR count). The lowest BCUT2D eigenvalue weighted by Crippen LogP contribution is -2.50. The van der Waals surface area contributed by atoms with Gasteiger partial charge in [-0.25, -0.2) is 0 Å². The molecule has 1 aliphatic heterocycles. The Kier molecular flexibility index (Phi) is 10.5. The lowest BCUT2D eigenvalue weighted by molar-refractivity contribution is -0.139. The summed E-state index contributed by atoms with van der Waals surface area (Å²) in [5.74, 6) is -0.150. The van der Waals surface area contributed by atoms with E-state index < -0.39 is 23.8 Å². The number of likely N-dealkylation sites (tertiary alicyclic amines) is 1. The first-order chi connectivity index (χ1) is 17.8. The number of carbonyl (C=O) groups is 3. The van der Waals surface area contributed by atoms with Crippen LogP contribution in [0.4, 0.5) is 0 Å². The molecule has 3 N–H and O–H groups in total. The van der Waals surface area contributed by atoms with Crippen LogP contribution in [0, 0.1) is 17.8 Å². The normalized spacial score (nSPS) is 17.7. The Morgan fingerprint density at radius 1 is 1.05 bits per heavy atom. The molecule has 1 fully saturated rings. The smallest absolute Gasteiger partial charge is 0.245 e. The summed E-state index contributed by atoms with van der Waals surface area (Å²) in [5, 5.41) is 3.00. The second kappa shape index (κ2) is 13.8. The predicted molar refractivity (Wildman–Crippen MR) is 145 cm³/mol. The number of nitrogens with zero attached hydrogens (tertiary/aromatic N) is 1. The third-order valence-corrected chi connectivity index (χ3v) is 6.86. The van der Waals surface area contributed by atoms with Gasteiger partial charge in [-0.1, -0.05) is 57.5 Å². The third-order valence-electron chi connectivity index (χ3n) is 6.86. The van der Waals surface area contributed by atoms with Crippen LogP contribution in [0.2, 0.25) is 0 Å². The molecule has 7 nitrogen and oxygen atoms in total. The molecule has 2 aromatic rings. The topological polar surface area (TPSA) is 102 Å². The maximum absolute atomic E-state index is 13.5. The van der Waals surface area contributed by atoms with Crippen molar-refractivity contribution in [3.63, 3.8) is 0 Å². The van der Waals surface area contributed by atoms with Crippen molar-refractivity contribution in [2.24, 2.45) is 23.5 Å². The van der Waals surface area contributed by atoms with Gasteiger partial charge in [0.15, 0.2) is 0 Å². The molecule has 2 aromatic carbocycles. The van der Waals surface area contributed by atoms with Crippen LogP contribution in [0.3, 0.4) is 0 Å². The summed E-state index contributed by atoms with van der Waals surface area (Å²) in [6, 6.07) is 16.7. The maximum Gasteiger partial charge on any atom is 0.245 e. The number of nitrogens with two attached hydrogens (primary N) is 1. The number of ether oxygens (including phenoxy) is 1. The SMILES string of the molecule is CCC[C@H](C(=O)NC1CCCCN(Cc2cccc(Oc3ccccc3)c2)C1=O)[C@@H](CC(C)C)C(N)=O. The van der Waals surface area contributed by atoms with E-state index in [1.54, 1.807) is 0 Å². The number of hydrogen-bond acceptors (Lipinski definition) is 4. The highest BCUT2D eigenvalue weighted by Crippen LogP contribution is 2.27. The monoisotopic (exact) mass is 507 g/mol. The second-order valence-corrected chi connectivity index (χ2v) is 10.4. The summed E-state index contributed by atoms with van der Waals surface area (Å²) < 4.78 is 5.95. The zero-order valence-electron chi connectivity index (χ0n) is 22.3. The van der Waals surface area contributed by atoms with Crippen LogP contribution in [0.5, 0.6) is 11.5 Å². The van der Waals surface area contributed by atoms with Gasteiger partial charge in [0, 0.05) is 24.9 Å². The summed E-state index contributed by atoms with van der Waals surface area (Å²) >= 11 is 0. The Bertz CT molecular complexity index is 1040. The Balaban J connectivity index is 1.70. The van der Waals surface area contributed by atoms with Gasteiger partial charge in [-0.3, -0.25) is 14.4 Å². The standard InChI is InChI=1S/C30H41N3O4/c1-4-11-25(26(28(31)34)18-21(2)3)29(35)32-27-16-8-9-17-33(30(27)36)20-22-12-10-15-24(19-22)37-23-13-6-5-7-14-23/h5-7,10,12-15,19,21,25-27H,4,8-9,11,16-18,20H2,1-3H3,(H2,31,34)(H,32,35)/t25-,26+,27?/m0/s1. The Morgan fingerprint density at radius 2 is 1.78 bits per heavy atom. The number of hydrogen-bond donors (Lipinski definition) is 2. The molecular weight excluding hydrogens is 466 g/mol. The molecule has 200 valence electrons. The van der Waals surface area contributed by atoms with E-state index in [1.807, 2.05) is 80.3 Å². The van der Waals surface area contributed by atoms with Gasteiger partial charge in [-0.15, -0.1) is 0 Å². The van der Waals surface area contributed by atoms with E-state index in [0.29, 0.717) is 38.1 Å². The summed E-state index contributed by atoms with van der Waals surface area (Å²) in [6.45, 7) is 7.09. The molecule has 7 heteroatoms. The number of para-hydroxylation sites is 1. The number of amides is 3. The summed E-state index contributed by atoms with van der Waals surface area (Å²) in [5.41, 5.74) is 6.67. The van der Waals surface area contributed by atoms with Crippen molar-refractivity contribution in [2.45, 2.75) is 71.9 Å². The van der Waals surface area contributed by atoms with Crippen LogP contribution in [0.1, 0.15) is 64.9 Å². The Morgan fingerprint density at radius 3 is 2.46 bits per heavy atom. The molecule has 0 radical (unpaired) electrons. The zero-order chi connectivity index (χ0) is 26.8. The number of rotatable bonds is 12. The zero-order valence-corrected chi connectivity index (χ0v) is 22.3. The molecule has 0 aliphatic carbocycles. The highest BCUT2D eigenvalue weighted by Gasteiger charge is 2.35. The maximum atomic E-state index is 13.5. The summed E-state index contributed by atoms with van der Waals surface area (Å²) in [7, 11) is 0. The first-order valence-electron chi connectivity index (χ1n) is 13.5. The largest absolute Gasteiger partial charge is 0.457 e. The average Bonchev–Trinajstić information content (AvgIpc) is 3.03. The first-order valence-corrected chi connectivity index (χ1v) is 13.5. The molecule has 3 amide bonds. The lowest BCUT2D eigenvalue weighted by atomic mass is 9.81. The molecule has 1 unspecified atom stereocenters. The minimum absolute atomic E-state index is 0.0880. The fourth-order valence-electron chi connectivity index (χ4n) is 5.04. The fourth-order valence-corrected chi connectivity index (χ4v) is 5.04. The fraction of sp³-hybridized carbons (Fsp3) is 0.500. The minimum Gasteiger partial charge on any atom is -0.457 e. The van der Waals surface area contributed by atoms with Gasteiger partial charge < -0.3 is 20.7 Å². The molecule has 0 bridgehead atoms. The van der Waals surface area contributed by atoms with E-state index in [4.69, 9.17) is 10.5 Å². The molecule has 1 saturated heterocycles. The number of primary amides is 1. The van der Waals surface area contributed by atoms with Crippen molar-refractivity contribution < 1.29 is 19.1 Å². The van der Waals surface area contributed by atoms with Crippen LogP contribution in [0.15, 0.2) is 54.6 Å². The van der Waals surface area contributed by atoms with Crippen LogP contribution in [-0.4, -0.2) is 35.2 Å². The predicted octanol–water partition coefficient (Wildman–Crippen LogP) is 5.04. The van der Waals surface area contributed by atoms with Crippen molar-refractivity contribution in [1.29, 1.82) is 0 Å². The van der Waals surface area contributed by atoms with Crippen molar-refractivity contribution in [3.8, 4) is 11.5 Å². The Labute approximate surface area is 220 Å². The molecule has 0 saturated carbocycles. The highest BCUT2D eigenvalue weighted by molar-refractivity contribution is 5.91. The lowest BCUT2D eigenvalue weighted by Gasteiger charge is -2.29. The van der Waals surface area contributed by atoms with Crippen molar-refractivity contribution in [2.75, 3.05) is 6.54 Å². The van der Waals surface area contributed by atoms with Gasteiger partial charge in [0.05, 0.1) is 0 Å². The van der Waals surface area contributed by atoms with Gasteiger partial charge in [0.25, 0.3) is 0 Å². The average molecular weight is 508 g/mol. The van der Waals surface area contributed by atoms with Crippen molar-refractivity contribution in [1.82, 2.24) is 10.2 Å². The van der Waals surface area contributed by atoms with E-state index in [9.17, 15) is 14.4 Å².